The summed E-state index contributed by atoms with van der Waals surface area (Å²) in [6.45, 7) is 7.22. The number of rotatable bonds is 8. The first-order valence-electron chi connectivity index (χ1n) is 9.21. The van der Waals surface area contributed by atoms with Gasteiger partial charge in [0.15, 0.2) is 0 Å². The molecule has 2 saturated heterocycles. The number of aliphatic hydroxyl groups excluding tert-OH is 1. The number of carbonyl (C=O) groups excluding carboxylic acids is 1. The van der Waals surface area contributed by atoms with Crippen molar-refractivity contribution >= 4 is 5.97 Å². The van der Waals surface area contributed by atoms with E-state index in [2.05, 4.69) is 0 Å². The Morgan fingerprint density at radius 3 is 2.41 bits per heavy atom. The normalized spacial score (nSPS) is 31.0. The summed E-state index contributed by atoms with van der Waals surface area (Å²) in [6, 6.07) is 8.84. The van der Waals surface area contributed by atoms with Gasteiger partial charge in [-0.25, -0.2) is 4.79 Å². The molecule has 0 radical (unpaired) electrons. The van der Waals surface area contributed by atoms with Crippen LogP contribution >= 0.6 is 0 Å². The first-order valence-corrected chi connectivity index (χ1v) is 9.21. The second-order valence-corrected chi connectivity index (χ2v) is 6.74. The maximum absolute atomic E-state index is 12.2. The van der Waals surface area contributed by atoms with Gasteiger partial charge in [0, 0.05) is 74.4 Å². The average molecular weight is 854 g/mol. The Bertz CT molecular complexity index is 604. The molecule has 1 aromatic carbocycles. The molecule has 0 amide bonds. The number of benzene rings is 1. The standard InChI is InChI=1S/C20H26O7.2U/c1-3-15-19(21)18(11-24-15)26-12-23-9-16-13(2)17(10-25-16)27-20(22)14-7-5-4-6-8-14;;/h4-8,10-11,13,15-19,21H,3,9,12H2,1-2H3;;/q-2;;/t13-,15+,16+,17?,18?,19-;;/m0../s1. The molecule has 2 unspecified atom stereocenters. The van der Waals surface area contributed by atoms with Crippen molar-refractivity contribution in [1.29, 1.82) is 0 Å². The quantitative estimate of drug-likeness (QED) is 0.186. The van der Waals surface area contributed by atoms with Crippen LogP contribution in [-0.2, 0) is 23.7 Å². The minimum absolute atomic E-state index is 0. The summed E-state index contributed by atoms with van der Waals surface area (Å²) in [6.07, 6.45) is -1.37. The van der Waals surface area contributed by atoms with E-state index < -0.39 is 18.3 Å². The molecule has 3 rings (SSSR count). The predicted octanol–water partition coefficient (Wildman–Crippen LogP) is 2.10. The van der Waals surface area contributed by atoms with Gasteiger partial charge in [-0.2, -0.15) is 13.2 Å². The van der Waals surface area contributed by atoms with Crippen LogP contribution < -0.4 is 0 Å². The molecule has 2 heterocycles. The number of hydrogen-bond donors (Lipinski definition) is 1. The molecule has 2 aliphatic heterocycles. The van der Waals surface area contributed by atoms with Crippen LogP contribution in [-0.4, -0.2) is 55.0 Å². The Morgan fingerprint density at radius 2 is 1.76 bits per heavy atom. The monoisotopic (exact) mass is 854 g/mol. The van der Waals surface area contributed by atoms with Crippen LogP contribution in [0.25, 0.3) is 0 Å². The summed E-state index contributed by atoms with van der Waals surface area (Å²) >= 11 is 0. The van der Waals surface area contributed by atoms with E-state index in [0.717, 1.165) is 0 Å². The number of aliphatic hydroxyl groups is 1. The van der Waals surface area contributed by atoms with Gasteiger partial charge in [0.1, 0.15) is 6.79 Å². The molecule has 29 heavy (non-hydrogen) atoms. The summed E-state index contributed by atoms with van der Waals surface area (Å²) in [5, 5.41) is 10.00. The van der Waals surface area contributed by atoms with E-state index in [4.69, 9.17) is 23.7 Å². The maximum atomic E-state index is 12.2. The third-order valence-electron chi connectivity index (χ3n) is 4.88. The molecule has 2 aliphatic rings. The van der Waals surface area contributed by atoms with Gasteiger partial charge in [-0.1, -0.05) is 32.0 Å². The van der Waals surface area contributed by atoms with Gasteiger partial charge in [0.05, 0.1) is 24.4 Å². The van der Waals surface area contributed by atoms with Crippen LogP contribution in [0.15, 0.2) is 30.3 Å². The zero-order valence-corrected chi connectivity index (χ0v) is 24.9. The third-order valence-corrected chi connectivity index (χ3v) is 4.88. The fourth-order valence-electron chi connectivity index (χ4n) is 3.05. The van der Waals surface area contributed by atoms with Crippen molar-refractivity contribution in [3.8, 4) is 0 Å². The third kappa shape index (κ3) is 7.60. The molecule has 1 aromatic rings. The van der Waals surface area contributed by atoms with Gasteiger partial charge in [-0.05, 0) is 30.6 Å². The zero-order valence-electron chi connectivity index (χ0n) is 16.5. The molecule has 7 nitrogen and oxygen atoms in total. The first kappa shape index (κ1) is 27.6. The minimum Gasteiger partial charge on any atom is -0.545 e. The molecule has 0 bridgehead atoms. The molecule has 0 saturated carbocycles. The summed E-state index contributed by atoms with van der Waals surface area (Å²) < 4.78 is 27.4. The summed E-state index contributed by atoms with van der Waals surface area (Å²) in [4.78, 5) is 12.2. The molecule has 9 heteroatoms. The van der Waals surface area contributed by atoms with E-state index in [-0.39, 0.29) is 99.7 Å². The summed E-state index contributed by atoms with van der Waals surface area (Å²) in [7, 11) is 0. The van der Waals surface area contributed by atoms with Gasteiger partial charge in [-0.15, -0.1) is 0 Å². The molecule has 0 spiro atoms. The van der Waals surface area contributed by atoms with E-state index in [1.54, 1.807) is 24.3 Å². The second kappa shape index (κ2) is 13.9. The van der Waals surface area contributed by atoms with Crippen LogP contribution in [0.4, 0.5) is 0 Å². The predicted molar refractivity (Wildman–Crippen MR) is 95.1 cm³/mol. The van der Waals surface area contributed by atoms with Gasteiger partial charge < -0.3 is 28.8 Å². The summed E-state index contributed by atoms with van der Waals surface area (Å²) in [5.41, 5.74) is 0.505. The molecule has 0 aromatic heterocycles. The molecular weight excluding hydrogens is 828 g/mol. The molecule has 158 valence electrons. The fourth-order valence-corrected chi connectivity index (χ4v) is 3.05. The number of carbonyl (C=O) groups is 1. The number of ether oxygens (including phenoxy) is 5. The Labute approximate surface area is 219 Å². The molecular formula is C20H26O7U2-2. The Balaban J connectivity index is 0.00000210. The number of hydrogen-bond acceptors (Lipinski definition) is 7. The number of esters is 1. The smallest absolute Gasteiger partial charge is 0.335 e. The zero-order chi connectivity index (χ0) is 19.2. The van der Waals surface area contributed by atoms with Crippen molar-refractivity contribution in [2.75, 3.05) is 13.4 Å². The van der Waals surface area contributed by atoms with Crippen LogP contribution in [0.2, 0.25) is 0 Å². The average Bonchev–Trinajstić information content (AvgIpc) is 3.22. The molecule has 6 atom stereocenters. The van der Waals surface area contributed by atoms with Crippen LogP contribution in [0.5, 0.6) is 0 Å². The Kier molecular flexibility index (Phi) is 13.2. The summed E-state index contributed by atoms with van der Waals surface area (Å²) in [5.74, 6) is -0.428. The van der Waals surface area contributed by atoms with E-state index in [1.807, 2.05) is 19.9 Å². The maximum Gasteiger partial charge on any atom is 0.335 e. The van der Waals surface area contributed by atoms with Gasteiger partial charge in [0.2, 0.25) is 0 Å². The Morgan fingerprint density at radius 1 is 1.10 bits per heavy atom. The van der Waals surface area contributed by atoms with Crippen molar-refractivity contribution in [2.45, 2.75) is 50.8 Å². The second-order valence-electron chi connectivity index (χ2n) is 6.74. The van der Waals surface area contributed by atoms with Crippen LogP contribution in [0.1, 0.15) is 30.6 Å². The largest absolute Gasteiger partial charge is 0.545 e. The molecule has 1 N–H and O–H groups in total. The van der Waals surface area contributed by atoms with Crippen molar-refractivity contribution in [3.63, 3.8) is 0 Å². The van der Waals surface area contributed by atoms with Crippen molar-refractivity contribution in [1.82, 2.24) is 0 Å². The van der Waals surface area contributed by atoms with Gasteiger partial charge in [-0.3, -0.25) is 0 Å². The minimum atomic E-state index is -0.685. The molecule has 0 aliphatic carbocycles. The van der Waals surface area contributed by atoms with Crippen molar-refractivity contribution in [3.05, 3.63) is 49.1 Å². The van der Waals surface area contributed by atoms with Crippen LogP contribution in [0.3, 0.4) is 0 Å². The first-order chi connectivity index (χ1) is 13.1. The van der Waals surface area contributed by atoms with E-state index in [1.165, 1.54) is 13.2 Å². The van der Waals surface area contributed by atoms with Crippen molar-refractivity contribution in [2.24, 2.45) is 5.92 Å². The SMILES string of the molecule is CC[C@H]1O[CH-]C(OCOC[C@H]2O[CH-]C(OC(=O)c3ccccc3)[C@H]2C)[C@H]1O.[U].[U]. The van der Waals surface area contributed by atoms with E-state index in [9.17, 15) is 9.90 Å². The Hall–Kier alpha value is 0.594. The van der Waals surface area contributed by atoms with Gasteiger partial charge >= 0.3 is 5.97 Å². The molecule has 2 fully saturated rings. The van der Waals surface area contributed by atoms with Gasteiger partial charge in [0.25, 0.3) is 0 Å². The van der Waals surface area contributed by atoms with Crippen molar-refractivity contribution < 1.29 is 95.8 Å². The fraction of sp³-hybridized carbons (Fsp3) is 0.550. The topological polar surface area (TPSA) is 83.5 Å². The van der Waals surface area contributed by atoms with Crippen LogP contribution in [0, 0.1) is 81.4 Å². The van der Waals surface area contributed by atoms with E-state index >= 15 is 0 Å². The van der Waals surface area contributed by atoms with E-state index in [0.29, 0.717) is 12.0 Å².